The maximum Gasteiger partial charge on any atom is 1.00 e. The first-order valence-electron chi connectivity index (χ1n) is 30.6. The molecule has 3 aromatic carbocycles. The minimum atomic E-state index is -2.16. The molecular formula is C62H82N9NaO21S. The van der Waals surface area contributed by atoms with E-state index in [1.807, 2.05) is 0 Å². The van der Waals surface area contributed by atoms with E-state index in [9.17, 15) is 79.4 Å². The van der Waals surface area contributed by atoms with Crippen molar-refractivity contribution in [1.29, 1.82) is 0 Å². The van der Waals surface area contributed by atoms with Crippen molar-refractivity contribution in [3.05, 3.63) is 89.3 Å². The molecule has 4 fully saturated rings. The minimum Gasteiger partial charge on any atom is -0.691 e. The standard InChI is InChI=1S/C62H83N9O21S.Na/c1-32-29-71-52(53(32)78)58(83)64-27-40(73)25-43(66-54(79)38-15-13-36(14-16-38)37-17-19-42(20-18-37)88-31-39(22-34-10-8-7-9-11-34)65-61(86)89-62(3,4)5)55(80)67-49(33(2)72)59(84)70-30-41(74)26-44(70)56(81)68-50(57(82)69-51(60(71)85)47(77)28-63-6)46(76)23-35-12-21-45(75)48(24-35)90-93-92-91-87;/h12-21,24,32-34,39-41,43-44,46-47,49-53,72-78,87H,7-11,22-23,25-31H2,1-5H3,(H,64,83)(H,65,86)(H,66,79)(H,67,80)(H,68,81)(H,69,82);/q;+1/p-1/t32?,33?,39?,40-,41?,43-,44?,46+,47+,49?,50?,51-,52?,53-;/m0./s1. The molecule has 4 aliphatic rings. The Balaban J connectivity index is 0.0000140. The number of nitrogens with zero attached hydrogens (tertiary/aromatic N) is 3. The van der Waals surface area contributed by atoms with E-state index in [-0.39, 0.29) is 78.0 Å². The summed E-state index contributed by atoms with van der Waals surface area (Å²) in [6.45, 7) is 13.2. The van der Waals surface area contributed by atoms with Gasteiger partial charge in [0.05, 0.1) is 36.6 Å². The van der Waals surface area contributed by atoms with Gasteiger partial charge in [-0.3, -0.25) is 38.6 Å². The normalized spacial score (nSPS) is 25.8. The van der Waals surface area contributed by atoms with E-state index < -0.39 is 176 Å². The van der Waals surface area contributed by atoms with Gasteiger partial charge in [-0.25, -0.2) is 11.4 Å². The molecule has 7 rings (SSSR count). The van der Waals surface area contributed by atoms with Crippen LogP contribution in [0.1, 0.15) is 102 Å². The minimum absolute atomic E-state index is 0. The molecule has 94 heavy (non-hydrogen) atoms. The number of hydrogen-bond donors (Lipinski definition) is 13. The number of rotatable bonds is 19. The van der Waals surface area contributed by atoms with Crippen molar-refractivity contribution in [2.45, 2.75) is 177 Å². The van der Waals surface area contributed by atoms with Gasteiger partial charge in [0.2, 0.25) is 42.0 Å². The van der Waals surface area contributed by atoms with Crippen LogP contribution >= 0.6 is 12.3 Å². The summed E-state index contributed by atoms with van der Waals surface area (Å²) in [7, 11) is 0. The van der Waals surface area contributed by atoms with E-state index in [0.29, 0.717) is 17.2 Å². The number of aliphatic hydroxyl groups is 6. The Morgan fingerprint density at radius 2 is 1.44 bits per heavy atom. The fourth-order valence-corrected chi connectivity index (χ4v) is 12.0. The number of alkyl carbamates (subject to hydrolysis) is 1. The van der Waals surface area contributed by atoms with Gasteiger partial charge >= 0.3 is 35.7 Å². The van der Waals surface area contributed by atoms with Crippen LogP contribution in [-0.2, 0) is 49.3 Å². The SMILES string of the molecule is [C-]#[N+]C[C@@H](O)[C@@H]1NC(=O)C([C@H](O)Cc2ccc(O)c(OSOO[O-])c2)NC(=O)C2CC(O)CN2C(=O)C(C(C)O)NC(=O)[C@@H](NC(=O)c2ccc(-c3ccc(OCC(CC4CCCCC4)NC(=O)OC(C)(C)C)cc3)cc2)C[C@H](O)CNC(=O)C2[C@@H](O)C(C)CN2C1=O.[Na+]. The molecule has 3 saturated heterocycles. The van der Waals surface area contributed by atoms with E-state index in [1.165, 1.54) is 31.5 Å². The molecule has 1 saturated carbocycles. The number of carbonyl (C=O) groups excluding carboxylic acids is 8. The Morgan fingerprint density at radius 3 is 2.07 bits per heavy atom. The molecule has 3 aromatic rings. The maximum absolute atomic E-state index is 14.7. The van der Waals surface area contributed by atoms with Crippen LogP contribution in [0.15, 0.2) is 66.7 Å². The van der Waals surface area contributed by atoms with Crippen LogP contribution in [0, 0.1) is 18.4 Å². The number of β-amino-alcohol motifs (C(OH)–C–C–N with tert-alkyl or cyclic N) is 1. The van der Waals surface area contributed by atoms with Crippen LogP contribution in [-0.4, -0.2) is 210 Å². The first-order valence-corrected chi connectivity index (χ1v) is 31.3. The van der Waals surface area contributed by atoms with Crippen molar-refractivity contribution < 1.29 is 132 Å². The van der Waals surface area contributed by atoms with Gasteiger partial charge in [0.25, 0.3) is 18.2 Å². The Hall–Kier alpha value is -6.90. The predicted molar refractivity (Wildman–Crippen MR) is 327 cm³/mol. The number of phenolic OH excluding ortho intramolecular Hbond substituents is 1. The van der Waals surface area contributed by atoms with Crippen molar-refractivity contribution in [2.24, 2.45) is 11.8 Å². The largest absolute Gasteiger partial charge is 1.00 e. The van der Waals surface area contributed by atoms with Gasteiger partial charge in [-0.2, -0.15) is 0 Å². The van der Waals surface area contributed by atoms with E-state index in [0.717, 1.165) is 66.5 Å². The third kappa shape index (κ3) is 21.0. The Morgan fingerprint density at radius 1 is 0.798 bits per heavy atom. The summed E-state index contributed by atoms with van der Waals surface area (Å²) in [6.07, 6.45) is -6.59. The molecule has 13 N–H and O–H groups in total. The third-order valence-corrected chi connectivity index (χ3v) is 16.9. The van der Waals surface area contributed by atoms with E-state index in [2.05, 4.69) is 46.1 Å². The summed E-state index contributed by atoms with van der Waals surface area (Å²) in [5.41, 5.74) is 0.825. The van der Waals surface area contributed by atoms with Crippen LogP contribution in [0.4, 0.5) is 4.79 Å². The zero-order chi connectivity index (χ0) is 67.8. The molecule has 8 unspecified atom stereocenters. The molecule has 1 aliphatic carbocycles. The molecule has 3 aliphatic heterocycles. The average Bonchev–Trinajstić information content (AvgIpc) is 1.60. The molecule has 8 amide bonds. The monoisotopic (exact) mass is 1340 g/mol. The van der Waals surface area contributed by atoms with Crippen molar-refractivity contribution >= 4 is 59.8 Å². The van der Waals surface area contributed by atoms with Gasteiger partial charge in [-0.05, 0) is 93.1 Å². The summed E-state index contributed by atoms with van der Waals surface area (Å²) >= 11 is 0.00381. The molecule has 0 radical (unpaired) electrons. The third-order valence-electron chi connectivity index (χ3n) is 16.5. The zero-order valence-electron chi connectivity index (χ0n) is 53.0. The van der Waals surface area contributed by atoms with Gasteiger partial charge in [0, 0.05) is 50.4 Å². The maximum atomic E-state index is 14.7. The van der Waals surface area contributed by atoms with Gasteiger partial charge in [-0.15, -0.1) is 4.33 Å². The molecule has 14 atom stereocenters. The number of benzene rings is 3. The fourth-order valence-electron chi connectivity index (χ4n) is 11.8. The second-order valence-corrected chi connectivity index (χ2v) is 25.4. The van der Waals surface area contributed by atoms with Crippen molar-refractivity contribution in [3.63, 3.8) is 0 Å². The van der Waals surface area contributed by atoms with Gasteiger partial charge in [0.1, 0.15) is 54.2 Å². The number of fused-ring (bicyclic) bond motifs is 2. The number of nitrogens with one attached hydrogen (secondary N) is 6. The summed E-state index contributed by atoms with van der Waals surface area (Å²) in [6, 6.07) is 5.04. The molecule has 32 heteroatoms. The first-order chi connectivity index (χ1) is 44.1. The van der Waals surface area contributed by atoms with Crippen molar-refractivity contribution in [2.75, 3.05) is 32.8 Å². The van der Waals surface area contributed by atoms with Gasteiger partial charge in [0.15, 0.2) is 17.6 Å². The number of amides is 8. The van der Waals surface area contributed by atoms with Crippen LogP contribution in [0.25, 0.3) is 16.0 Å². The summed E-state index contributed by atoms with van der Waals surface area (Å²) < 4.78 is 20.9. The Bertz CT molecular complexity index is 3140. The van der Waals surface area contributed by atoms with E-state index >= 15 is 0 Å². The van der Waals surface area contributed by atoms with Gasteiger partial charge < -0.3 is 101 Å². The first kappa shape index (κ1) is 76.1. The summed E-state index contributed by atoms with van der Waals surface area (Å²) in [4.78, 5) is 119. The molecular weight excluding hydrogens is 1260 g/mol. The molecule has 30 nitrogen and oxygen atoms in total. The number of hydrogen-bond acceptors (Lipinski definition) is 22. The van der Waals surface area contributed by atoms with Crippen LogP contribution in [0.5, 0.6) is 17.2 Å². The molecule has 0 spiro atoms. The van der Waals surface area contributed by atoms with Crippen LogP contribution < -0.4 is 75.6 Å². The molecule has 0 aromatic heterocycles. The molecule has 508 valence electrons. The number of phenols is 1. The zero-order valence-corrected chi connectivity index (χ0v) is 55.8. The summed E-state index contributed by atoms with van der Waals surface area (Å²) in [5.74, 6) is -8.77. The van der Waals surface area contributed by atoms with Crippen LogP contribution in [0.2, 0.25) is 0 Å². The van der Waals surface area contributed by atoms with Crippen molar-refractivity contribution in [1.82, 2.24) is 41.7 Å². The summed E-state index contributed by atoms with van der Waals surface area (Å²) in [5, 5.41) is 107. The Kier molecular flexibility index (Phi) is 28.5. The number of aliphatic hydroxyl groups excluding tert-OH is 6. The Labute approximate surface area is 569 Å². The molecule has 3 heterocycles. The quantitative estimate of drug-likeness (QED) is 0.0137. The topological polar surface area (TPSA) is 430 Å². The van der Waals surface area contributed by atoms with E-state index in [1.54, 1.807) is 57.2 Å². The van der Waals surface area contributed by atoms with Crippen LogP contribution in [0.3, 0.4) is 0 Å². The predicted octanol–water partition coefficient (Wildman–Crippen LogP) is -3.66. The van der Waals surface area contributed by atoms with Crippen molar-refractivity contribution in [3.8, 4) is 28.4 Å². The second-order valence-electron chi connectivity index (χ2n) is 24.9. The second kappa shape index (κ2) is 35.2. The molecule has 0 bridgehead atoms. The average molecular weight is 1340 g/mol. The number of aromatic hydroxyl groups is 1. The smallest absolute Gasteiger partial charge is 0.691 e. The van der Waals surface area contributed by atoms with E-state index in [4.69, 9.17) is 20.2 Å². The number of carbonyl (C=O) groups is 8. The van der Waals surface area contributed by atoms with Gasteiger partial charge in [-0.1, -0.05) is 69.4 Å². The number of ether oxygens (including phenoxy) is 2. The fraction of sp³-hybridized carbons (Fsp3) is 0.565.